The molecular formula is C30H31F2N7O4. The molecule has 0 saturated carbocycles. The highest BCUT2D eigenvalue weighted by Gasteiger charge is 2.35. The van der Waals surface area contributed by atoms with Crippen molar-refractivity contribution < 1.29 is 28.3 Å². The number of nitrogens with zero attached hydrogens (tertiary/aromatic N) is 4. The van der Waals surface area contributed by atoms with Crippen LogP contribution in [0, 0.1) is 18.6 Å². The number of urea groups is 1. The SMILES string of the molecule is COCCN1C[C@@H](NC(=O)Nc2c(C)c(-c3ccnc(C(=O)NO)c3)nn2-c2ccccc2)[C@H](c2ccc(F)c(F)c2)C1. The Balaban J connectivity index is 1.45. The summed E-state index contributed by atoms with van der Waals surface area (Å²) >= 11 is 0. The van der Waals surface area contributed by atoms with Gasteiger partial charge in [0.25, 0.3) is 5.91 Å². The number of amides is 3. The second-order valence-electron chi connectivity index (χ2n) is 10.2. The third kappa shape index (κ3) is 6.53. The Labute approximate surface area is 246 Å². The monoisotopic (exact) mass is 591 g/mol. The van der Waals surface area contributed by atoms with Gasteiger partial charge in [-0.1, -0.05) is 24.3 Å². The Hall–Kier alpha value is -4.72. The highest BCUT2D eigenvalue weighted by atomic mass is 19.2. The normalized spacial score (nSPS) is 16.7. The van der Waals surface area contributed by atoms with Gasteiger partial charge in [-0.25, -0.2) is 23.7 Å². The van der Waals surface area contributed by atoms with Crippen molar-refractivity contribution in [1.29, 1.82) is 0 Å². The van der Waals surface area contributed by atoms with Gasteiger partial charge in [0.15, 0.2) is 11.6 Å². The van der Waals surface area contributed by atoms with Gasteiger partial charge in [0.05, 0.1) is 24.0 Å². The molecule has 4 N–H and O–H groups in total. The summed E-state index contributed by atoms with van der Waals surface area (Å²) in [4.78, 5) is 31.6. The van der Waals surface area contributed by atoms with Crippen molar-refractivity contribution in [2.75, 3.05) is 38.7 Å². The van der Waals surface area contributed by atoms with E-state index in [0.29, 0.717) is 60.1 Å². The number of aromatic nitrogens is 3. The molecule has 3 heterocycles. The third-order valence-corrected chi connectivity index (χ3v) is 7.42. The number of carbonyl (C=O) groups is 2. The predicted molar refractivity (Wildman–Crippen MR) is 154 cm³/mol. The zero-order chi connectivity index (χ0) is 30.5. The predicted octanol–water partition coefficient (Wildman–Crippen LogP) is 3.88. The van der Waals surface area contributed by atoms with E-state index < -0.39 is 29.6 Å². The second-order valence-corrected chi connectivity index (χ2v) is 10.2. The number of hydrogen-bond donors (Lipinski definition) is 4. The van der Waals surface area contributed by atoms with Crippen molar-refractivity contribution in [3.63, 3.8) is 0 Å². The van der Waals surface area contributed by atoms with Gasteiger partial charge in [0, 0.05) is 50.0 Å². The lowest BCUT2D eigenvalue weighted by molar-refractivity contribution is 0.0701. The number of rotatable bonds is 9. The number of carbonyl (C=O) groups excluding carboxylic acids is 2. The van der Waals surface area contributed by atoms with Crippen LogP contribution >= 0.6 is 0 Å². The summed E-state index contributed by atoms with van der Waals surface area (Å²) < 4.78 is 34.6. The van der Waals surface area contributed by atoms with Crippen molar-refractivity contribution in [3.8, 4) is 16.9 Å². The van der Waals surface area contributed by atoms with E-state index in [9.17, 15) is 18.4 Å². The second kappa shape index (κ2) is 13.1. The maximum atomic E-state index is 14.1. The first-order valence-corrected chi connectivity index (χ1v) is 13.6. The molecule has 43 heavy (non-hydrogen) atoms. The minimum absolute atomic E-state index is 0.0107. The molecule has 2 aromatic heterocycles. The molecule has 2 atom stereocenters. The maximum Gasteiger partial charge on any atom is 0.320 e. The van der Waals surface area contributed by atoms with Gasteiger partial charge in [0.1, 0.15) is 11.5 Å². The Kier molecular flexibility index (Phi) is 9.04. The molecule has 1 fully saturated rings. The number of halogens is 2. The van der Waals surface area contributed by atoms with Crippen molar-refractivity contribution in [1.82, 2.24) is 30.5 Å². The quantitative estimate of drug-likeness (QED) is 0.172. The molecule has 0 bridgehead atoms. The highest BCUT2D eigenvalue weighted by molar-refractivity contribution is 5.93. The lowest BCUT2D eigenvalue weighted by atomic mass is 9.94. The molecule has 5 rings (SSSR count). The summed E-state index contributed by atoms with van der Waals surface area (Å²) in [5, 5.41) is 19.7. The summed E-state index contributed by atoms with van der Waals surface area (Å²) in [6.45, 7) is 3.89. The number of nitrogens with one attached hydrogen (secondary N) is 3. The number of hydroxylamine groups is 1. The molecular weight excluding hydrogens is 560 g/mol. The fourth-order valence-electron chi connectivity index (χ4n) is 5.26. The highest BCUT2D eigenvalue weighted by Crippen LogP contribution is 2.32. The van der Waals surface area contributed by atoms with Crippen LogP contribution in [-0.2, 0) is 4.74 Å². The summed E-state index contributed by atoms with van der Waals surface area (Å²) in [5.41, 5.74) is 4.47. The number of likely N-dealkylation sites (tertiary alicyclic amines) is 1. The fraction of sp³-hybridized carbons (Fsp3) is 0.267. The number of hydrogen-bond acceptors (Lipinski definition) is 7. The number of methoxy groups -OCH3 is 1. The van der Waals surface area contributed by atoms with Crippen LogP contribution in [0.2, 0.25) is 0 Å². The van der Waals surface area contributed by atoms with Gasteiger partial charge in [-0.15, -0.1) is 0 Å². The minimum atomic E-state index is -0.943. The van der Waals surface area contributed by atoms with Crippen molar-refractivity contribution in [3.05, 3.63) is 95.3 Å². The molecule has 4 aromatic rings. The van der Waals surface area contributed by atoms with Gasteiger partial charge >= 0.3 is 6.03 Å². The molecule has 1 saturated heterocycles. The molecule has 0 spiro atoms. The molecule has 224 valence electrons. The van der Waals surface area contributed by atoms with Crippen molar-refractivity contribution >= 4 is 17.8 Å². The zero-order valence-electron chi connectivity index (χ0n) is 23.6. The van der Waals surface area contributed by atoms with Crippen LogP contribution in [0.25, 0.3) is 16.9 Å². The van der Waals surface area contributed by atoms with Crippen LogP contribution < -0.4 is 16.1 Å². The van der Waals surface area contributed by atoms with E-state index in [1.807, 2.05) is 30.3 Å². The van der Waals surface area contributed by atoms with Crippen LogP contribution in [-0.4, -0.2) is 76.2 Å². The van der Waals surface area contributed by atoms with Gasteiger partial charge in [-0.05, 0) is 48.9 Å². The fourth-order valence-corrected chi connectivity index (χ4v) is 5.26. The zero-order valence-corrected chi connectivity index (χ0v) is 23.6. The average molecular weight is 592 g/mol. The first-order valence-electron chi connectivity index (χ1n) is 13.6. The summed E-state index contributed by atoms with van der Waals surface area (Å²) in [6, 6.07) is 15.3. The summed E-state index contributed by atoms with van der Waals surface area (Å²) in [6.07, 6.45) is 1.43. The van der Waals surface area contributed by atoms with E-state index in [2.05, 4.69) is 20.5 Å². The first-order chi connectivity index (χ1) is 20.8. The Morgan fingerprint density at radius 3 is 2.58 bits per heavy atom. The van der Waals surface area contributed by atoms with E-state index >= 15 is 0 Å². The number of benzene rings is 2. The van der Waals surface area contributed by atoms with Crippen LogP contribution in [0.1, 0.15) is 27.5 Å². The van der Waals surface area contributed by atoms with Crippen LogP contribution in [0.15, 0.2) is 66.9 Å². The molecule has 0 aliphatic carbocycles. The number of ether oxygens (including phenoxy) is 1. The molecule has 13 heteroatoms. The van der Waals surface area contributed by atoms with E-state index in [1.165, 1.54) is 24.4 Å². The number of anilines is 1. The Morgan fingerprint density at radius 1 is 1.07 bits per heavy atom. The summed E-state index contributed by atoms with van der Waals surface area (Å²) in [5.74, 6) is -2.55. The van der Waals surface area contributed by atoms with Gasteiger partial charge in [-0.2, -0.15) is 5.10 Å². The molecule has 0 radical (unpaired) electrons. The van der Waals surface area contributed by atoms with Crippen LogP contribution in [0.3, 0.4) is 0 Å². The molecule has 1 aliphatic rings. The van der Waals surface area contributed by atoms with Gasteiger partial charge in [0.2, 0.25) is 0 Å². The first kappa shape index (κ1) is 29.8. The van der Waals surface area contributed by atoms with E-state index in [4.69, 9.17) is 15.0 Å². The minimum Gasteiger partial charge on any atom is -0.383 e. The molecule has 0 unspecified atom stereocenters. The van der Waals surface area contributed by atoms with E-state index in [-0.39, 0.29) is 11.6 Å². The number of pyridine rings is 1. The Morgan fingerprint density at radius 2 is 1.86 bits per heavy atom. The lowest BCUT2D eigenvalue weighted by Gasteiger charge is -2.21. The molecule has 2 aromatic carbocycles. The smallest absolute Gasteiger partial charge is 0.320 e. The standard InChI is InChI=1S/C30H31F2N7O4/c1-18-27(20-10-11-33-25(15-20)29(40)37-42)36-39(21-6-4-3-5-7-21)28(18)35-30(41)34-26-17-38(12-13-43-2)16-22(26)19-8-9-23(31)24(32)14-19/h3-11,14-15,22,26,42H,12-13,16-17H2,1-2H3,(H,37,40)(H2,34,35,41)/t22-,26+/m0/s1. The lowest BCUT2D eigenvalue weighted by Crippen LogP contribution is -2.42. The third-order valence-electron chi connectivity index (χ3n) is 7.42. The van der Waals surface area contributed by atoms with Gasteiger partial charge < -0.3 is 10.1 Å². The average Bonchev–Trinajstić information content (AvgIpc) is 3.57. The summed E-state index contributed by atoms with van der Waals surface area (Å²) in [7, 11) is 1.60. The number of para-hydroxylation sites is 1. The van der Waals surface area contributed by atoms with Crippen molar-refractivity contribution in [2.24, 2.45) is 0 Å². The van der Waals surface area contributed by atoms with E-state index in [1.54, 1.807) is 30.3 Å². The topological polar surface area (TPSA) is 134 Å². The molecule has 11 nitrogen and oxygen atoms in total. The maximum absolute atomic E-state index is 14.1. The molecule has 1 aliphatic heterocycles. The molecule has 3 amide bonds. The van der Waals surface area contributed by atoms with E-state index in [0.717, 1.165) is 6.07 Å². The largest absolute Gasteiger partial charge is 0.383 e. The van der Waals surface area contributed by atoms with Gasteiger partial charge in [-0.3, -0.25) is 25.2 Å². The Bertz CT molecular complexity index is 1620. The van der Waals surface area contributed by atoms with Crippen molar-refractivity contribution in [2.45, 2.75) is 18.9 Å². The van der Waals surface area contributed by atoms with Crippen LogP contribution in [0.4, 0.5) is 19.4 Å². The van der Waals surface area contributed by atoms with Crippen LogP contribution in [0.5, 0.6) is 0 Å².